The number of rotatable bonds is 2. The fourth-order valence-electron chi connectivity index (χ4n) is 2.18. The van der Waals surface area contributed by atoms with Gasteiger partial charge in [-0.25, -0.2) is 0 Å². The SMILES string of the molecule is Cc1c[nH]c(C)c1CC1CCCN1. The quantitative estimate of drug-likeness (QED) is 0.711. The van der Waals surface area contributed by atoms with Gasteiger partial charge in [-0.3, -0.25) is 0 Å². The van der Waals surface area contributed by atoms with Crippen molar-refractivity contribution >= 4 is 0 Å². The van der Waals surface area contributed by atoms with Crippen LogP contribution in [-0.4, -0.2) is 17.6 Å². The van der Waals surface area contributed by atoms with E-state index in [9.17, 15) is 0 Å². The first-order valence-corrected chi connectivity index (χ1v) is 5.14. The maximum absolute atomic E-state index is 3.54. The summed E-state index contributed by atoms with van der Waals surface area (Å²) in [6.45, 7) is 5.55. The van der Waals surface area contributed by atoms with Crippen LogP contribution in [0.3, 0.4) is 0 Å². The number of aromatic amines is 1. The van der Waals surface area contributed by atoms with E-state index in [1.807, 2.05) is 0 Å². The minimum atomic E-state index is 0.716. The highest BCUT2D eigenvalue weighted by molar-refractivity contribution is 5.29. The van der Waals surface area contributed by atoms with Crippen LogP contribution in [0.4, 0.5) is 0 Å². The lowest BCUT2D eigenvalue weighted by Crippen LogP contribution is -2.24. The van der Waals surface area contributed by atoms with Crippen molar-refractivity contribution in [2.45, 2.75) is 39.2 Å². The van der Waals surface area contributed by atoms with E-state index in [2.05, 4.69) is 30.3 Å². The van der Waals surface area contributed by atoms with Crippen molar-refractivity contribution in [1.82, 2.24) is 10.3 Å². The molecule has 2 nitrogen and oxygen atoms in total. The summed E-state index contributed by atoms with van der Waals surface area (Å²) in [5, 5.41) is 3.54. The Labute approximate surface area is 79.7 Å². The van der Waals surface area contributed by atoms with E-state index in [4.69, 9.17) is 0 Å². The molecule has 0 aliphatic carbocycles. The molecular formula is C11H18N2. The molecule has 1 aromatic rings. The fraction of sp³-hybridized carbons (Fsp3) is 0.636. The first kappa shape index (κ1) is 8.82. The molecule has 2 rings (SSSR count). The molecule has 2 N–H and O–H groups in total. The number of hydrogen-bond acceptors (Lipinski definition) is 1. The van der Waals surface area contributed by atoms with E-state index in [1.54, 1.807) is 0 Å². The van der Waals surface area contributed by atoms with Gasteiger partial charge >= 0.3 is 0 Å². The Morgan fingerprint density at radius 1 is 1.46 bits per heavy atom. The molecule has 0 bridgehead atoms. The largest absolute Gasteiger partial charge is 0.365 e. The van der Waals surface area contributed by atoms with Crippen LogP contribution >= 0.6 is 0 Å². The van der Waals surface area contributed by atoms with Gasteiger partial charge in [0.2, 0.25) is 0 Å². The summed E-state index contributed by atoms with van der Waals surface area (Å²) in [4.78, 5) is 3.28. The molecule has 1 fully saturated rings. The highest BCUT2D eigenvalue weighted by atomic mass is 14.9. The van der Waals surface area contributed by atoms with Crippen LogP contribution in [-0.2, 0) is 6.42 Å². The highest BCUT2D eigenvalue weighted by Crippen LogP contribution is 2.18. The standard InChI is InChI=1S/C11H18N2/c1-8-7-13-9(2)11(8)6-10-4-3-5-12-10/h7,10,12-13H,3-6H2,1-2H3. The zero-order valence-electron chi connectivity index (χ0n) is 8.48. The second kappa shape index (κ2) is 3.54. The first-order valence-electron chi connectivity index (χ1n) is 5.14. The van der Waals surface area contributed by atoms with Crippen molar-refractivity contribution in [2.75, 3.05) is 6.54 Å². The fourth-order valence-corrected chi connectivity index (χ4v) is 2.18. The van der Waals surface area contributed by atoms with E-state index >= 15 is 0 Å². The van der Waals surface area contributed by atoms with Gasteiger partial charge in [-0.05, 0) is 50.8 Å². The molecule has 1 saturated heterocycles. The van der Waals surface area contributed by atoms with Crippen molar-refractivity contribution in [2.24, 2.45) is 0 Å². The van der Waals surface area contributed by atoms with Crippen molar-refractivity contribution < 1.29 is 0 Å². The molecule has 1 unspecified atom stereocenters. The van der Waals surface area contributed by atoms with Gasteiger partial charge in [0.05, 0.1) is 0 Å². The lowest BCUT2D eigenvalue weighted by atomic mass is 10.0. The number of aromatic nitrogens is 1. The molecule has 2 heterocycles. The minimum absolute atomic E-state index is 0.716. The second-order valence-electron chi connectivity index (χ2n) is 4.07. The van der Waals surface area contributed by atoms with Gasteiger partial charge in [0, 0.05) is 17.9 Å². The summed E-state index contributed by atoms with van der Waals surface area (Å²) < 4.78 is 0. The molecule has 0 aromatic carbocycles. The number of nitrogens with one attached hydrogen (secondary N) is 2. The zero-order valence-corrected chi connectivity index (χ0v) is 8.48. The molecule has 2 heteroatoms. The monoisotopic (exact) mass is 178 g/mol. The first-order chi connectivity index (χ1) is 6.27. The van der Waals surface area contributed by atoms with Crippen molar-refractivity contribution in [3.8, 4) is 0 Å². The lowest BCUT2D eigenvalue weighted by Gasteiger charge is -2.10. The molecule has 0 spiro atoms. The lowest BCUT2D eigenvalue weighted by molar-refractivity contribution is 0.600. The Balaban J connectivity index is 2.07. The number of H-pyrrole nitrogens is 1. The molecule has 1 aliphatic rings. The summed E-state index contributed by atoms with van der Waals surface area (Å²) in [6.07, 6.45) is 5.98. The predicted molar refractivity (Wildman–Crippen MR) is 55.0 cm³/mol. The molecule has 0 saturated carbocycles. The molecule has 1 aliphatic heterocycles. The van der Waals surface area contributed by atoms with Gasteiger partial charge in [0.15, 0.2) is 0 Å². The van der Waals surface area contributed by atoms with E-state index in [0.717, 1.165) is 0 Å². The molecule has 13 heavy (non-hydrogen) atoms. The Kier molecular flexibility index (Phi) is 2.40. The molecule has 1 atom stereocenters. The summed E-state index contributed by atoms with van der Waals surface area (Å²) in [5.74, 6) is 0. The number of aryl methyl sites for hydroxylation is 2. The molecule has 0 radical (unpaired) electrons. The van der Waals surface area contributed by atoms with Crippen LogP contribution in [0.15, 0.2) is 6.20 Å². The average Bonchev–Trinajstić information content (AvgIpc) is 2.70. The molecule has 1 aromatic heterocycles. The van der Waals surface area contributed by atoms with Gasteiger partial charge in [-0.2, -0.15) is 0 Å². The Morgan fingerprint density at radius 2 is 2.31 bits per heavy atom. The van der Waals surface area contributed by atoms with E-state index < -0.39 is 0 Å². The van der Waals surface area contributed by atoms with Gasteiger partial charge in [-0.1, -0.05) is 0 Å². The Bertz CT molecular complexity index is 263. The van der Waals surface area contributed by atoms with E-state index in [0.29, 0.717) is 6.04 Å². The van der Waals surface area contributed by atoms with Crippen molar-refractivity contribution in [1.29, 1.82) is 0 Å². The van der Waals surface area contributed by atoms with Crippen LogP contribution in [0.1, 0.15) is 29.7 Å². The summed E-state index contributed by atoms with van der Waals surface area (Å²) >= 11 is 0. The van der Waals surface area contributed by atoms with Crippen LogP contribution in [0.5, 0.6) is 0 Å². The molecule has 72 valence electrons. The minimum Gasteiger partial charge on any atom is -0.365 e. The Morgan fingerprint density at radius 3 is 2.85 bits per heavy atom. The van der Waals surface area contributed by atoms with Crippen molar-refractivity contribution in [3.63, 3.8) is 0 Å². The van der Waals surface area contributed by atoms with Gasteiger partial charge in [0.1, 0.15) is 0 Å². The maximum Gasteiger partial charge on any atom is 0.0151 e. The van der Waals surface area contributed by atoms with Gasteiger partial charge in [0.25, 0.3) is 0 Å². The smallest absolute Gasteiger partial charge is 0.0151 e. The summed E-state index contributed by atoms with van der Waals surface area (Å²) in [6, 6.07) is 0.716. The summed E-state index contributed by atoms with van der Waals surface area (Å²) in [5.41, 5.74) is 4.26. The Hall–Kier alpha value is -0.760. The van der Waals surface area contributed by atoms with Crippen LogP contribution in [0, 0.1) is 13.8 Å². The van der Waals surface area contributed by atoms with E-state index in [-0.39, 0.29) is 0 Å². The average molecular weight is 178 g/mol. The summed E-state index contributed by atoms with van der Waals surface area (Å²) in [7, 11) is 0. The predicted octanol–water partition coefficient (Wildman–Crippen LogP) is 1.93. The normalized spacial score (nSPS) is 22.5. The zero-order chi connectivity index (χ0) is 9.26. The van der Waals surface area contributed by atoms with Crippen LogP contribution in [0.25, 0.3) is 0 Å². The number of hydrogen-bond donors (Lipinski definition) is 2. The molecular weight excluding hydrogens is 160 g/mol. The van der Waals surface area contributed by atoms with Crippen LogP contribution in [0.2, 0.25) is 0 Å². The third kappa shape index (κ3) is 1.78. The maximum atomic E-state index is 3.54. The van der Waals surface area contributed by atoms with Crippen LogP contribution < -0.4 is 5.32 Å². The second-order valence-corrected chi connectivity index (χ2v) is 4.07. The van der Waals surface area contributed by atoms with Gasteiger partial charge in [-0.15, -0.1) is 0 Å². The van der Waals surface area contributed by atoms with Crippen molar-refractivity contribution in [3.05, 3.63) is 23.0 Å². The molecule has 0 amide bonds. The van der Waals surface area contributed by atoms with E-state index in [1.165, 1.54) is 42.6 Å². The van der Waals surface area contributed by atoms with Gasteiger partial charge < -0.3 is 10.3 Å². The topological polar surface area (TPSA) is 27.8 Å². The third-order valence-corrected chi connectivity index (χ3v) is 3.05. The third-order valence-electron chi connectivity index (χ3n) is 3.05. The highest BCUT2D eigenvalue weighted by Gasteiger charge is 2.16.